The molecule has 0 spiro atoms. The Balaban J connectivity index is 1.71. The van der Waals surface area contributed by atoms with Gasteiger partial charge in [-0.1, -0.05) is 30.3 Å². The van der Waals surface area contributed by atoms with E-state index < -0.39 is 0 Å². The summed E-state index contributed by atoms with van der Waals surface area (Å²) in [6.45, 7) is 1.29. The predicted molar refractivity (Wildman–Crippen MR) is 97.0 cm³/mol. The molecule has 0 saturated heterocycles. The van der Waals surface area contributed by atoms with E-state index in [-0.39, 0.29) is 12.1 Å². The van der Waals surface area contributed by atoms with Gasteiger partial charge in [0.05, 0.1) is 0 Å². The third kappa shape index (κ3) is 6.42. The Morgan fingerprint density at radius 3 is 2.57 bits per heavy atom. The summed E-state index contributed by atoms with van der Waals surface area (Å²) in [5, 5.41) is 10.1. The zero-order valence-electron chi connectivity index (χ0n) is 13.8. The minimum absolute atomic E-state index is 0.0971. The van der Waals surface area contributed by atoms with Crippen LogP contribution < -0.4 is 10.6 Å². The molecule has 4 nitrogen and oxygen atoms in total. The fourth-order valence-electron chi connectivity index (χ4n) is 2.35. The van der Waals surface area contributed by atoms with Gasteiger partial charge in [0.2, 0.25) is 0 Å². The topological polar surface area (TPSA) is 44.4 Å². The number of carbonyl (C=O) groups is 1. The minimum Gasteiger partial charge on any atom is -0.338 e. The zero-order valence-corrected chi connectivity index (χ0v) is 14.6. The Morgan fingerprint density at radius 1 is 1.13 bits per heavy atom. The van der Waals surface area contributed by atoms with Gasteiger partial charge >= 0.3 is 6.03 Å². The van der Waals surface area contributed by atoms with Crippen molar-refractivity contribution in [3.8, 4) is 0 Å². The molecule has 0 bridgehead atoms. The van der Waals surface area contributed by atoms with E-state index in [1.54, 1.807) is 11.3 Å². The number of nitrogens with zero attached hydrogens (tertiary/aromatic N) is 1. The van der Waals surface area contributed by atoms with Crippen LogP contribution in [0.5, 0.6) is 0 Å². The first-order chi connectivity index (χ1) is 11.1. The monoisotopic (exact) mass is 331 g/mol. The summed E-state index contributed by atoms with van der Waals surface area (Å²) < 4.78 is 0. The molecule has 2 aromatic rings. The Kier molecular flexibility index (Phi) is 7.10. The van der Waals surface area contributed by atoms with Crippen LogP contribution in [0.2, 0.25) is 0 Å². The number of carbonyl (C=O) groups excluding carboxylic acids is 1. The van der Waals surface area contributed by atoms with Gasteiger partial charge < -0.3 is 15.5 Å². The molecule has 124 valence electrons. The molecule has 1 heterocycles. The van der Waals surface area contributed by atoms with Crippen molar-refractivity contribution >= 4 is 17.4 Å². The number of benzene rings is 1. The molecule has 1 atom stereocenters. The highest BCUT2D eigenvalue weighted by Gasteiger charge is 2.13. The number of likely N-dealkylation sites (N-methyl/N-ethyl adjacent to an activating group) is 1. The predicted octanol–water partition coefficient (Wildman–Crippen LogP) is 2.76. The molecule has 1 aromatic heterocycles. The quantitative estimate of drug-likeness (QED) is 0.781. The SMILES string of the molecule is CN(C)C(CNC(=O)NCCc1ccsc1)Cc1ccccc1. The van der Waals surface area contributed by atoms with Crippen molar-refractivity contribution in [2.45, 2.75) is 18.9 Å². The largest absolute Gasteiger partial charge is 0.338 e. The third-order valence-electron chi connectivity index (χ3n) is 3.82. The Hall–Kier alpha value is -1.85. The molecule has 0 fully saturated rings. The fraction of sp³-hybridized carbons (Fsp3) is 0.389. The summed E-state index contributed by atoms with van der Waals surface area (Å²) in [7, 11) is 4.09. The second kappa shape index (κ2) is 9.33. The van der Waals surface area contributed by atoms with Gasteiger partial charge in [-0.3, -0.25) is 0 Å². The molecule has 2 N–H and O–H groups in total. The molecular formula is C18H25N3OS. The van der Waals surface area contributed by atoms with E-state index in [2.05, 4.69) is 44.5 Å². The smallest absolute Gasteiger partial charge is 0.314 e. The van der Waals surface area contributed by atoms with Crippen LogP contribution in [-0.4, -0.2) is 44.2 Å². The first-order valence-corrected chi connectivity index (χ1v) is 8.82. The highest BCUT2D eigenvalue weighted by Crippen LogP contribution is 2.07. The summed E-state index contributed by atoms with van der Waals surface area (Å²) >= 11 is 1.68. The fourth-order valence-corrected chi connectivity index (χ4v) is 3.05. The third-order valence-corrected chi connectivity index (χ3v) is 4.55. The van der Waals surface area contributed by atoms with Crippen LogP contribution in [0.15, 0.2) is 47.2 Å². The highest BCUT2D eigenvalue weighted by molar-refractivity contribution is 7.07. The van der Waals surface area contributed by atoms with E-state index >= 15 is 0 Å². The number of thiophene rings is 1. The van der Waals surface area contributed by atoms with E-state index in [1.165, 1.54) is 11.1 Å². The van der Waals surface area contributed by atoms with E-state index in [0.717, 1.165) is 12.8 Å². The lowest BCUT2D eigenvalue weighted by molar-refractivity contribution is 0.232. The van der Waals surface area contributed by atoms with Crippen molar-refractivity contribution in [1.82, 2.24) is 15.5 Å². The summed E-state index contributed by atoms with van der Waals surface area (Å²) in [6.07, 6.45) is 1.79. The van der Waals surface area contributed by atoms with Crippen LogP contribution in [0.1, 0.15) is 11.1 Å². The summed E-state index contributed by atoms with van der Waals surface area (Å²) in [4.78, 5) is 14.1. The van der Waals surface area contributed by atoms with Crippen LogP contribution in [0.25, 0.3) is 0 Å². The van der Waals surface area contributed by atoms with E-state index in [4.69, 9.17) is 0 Å². The second-order valence-electron chi connectivity index (χ2n) is 5.83. The van der Waals surface area contributed by atoms with Crippen molar-refractivity contribution in [3.05, 3.63) is 58.3 Å². The molecule has 1 unspecified atom stereocenters. The van der Waals surface area contributed by atoms with Gasteiger partial charge in [0, 0.05) is 19.1 Å². The number of rotatable bonds is 8. The maximum Gasteiger partial charge on any atom is 0.314 e. The van der Waals surface area contributed by atoms with Crippen LogP contribution in [0.4, 0.5) is 4.79 Å². The van der Waals surface area contributed by atoms with Crippen molar-refractivity contribution in [2.24, 2.45) is 0 Å². The molecule has 2 rings (SSSR count). The Labute approximate surface area is 142 Å². The Bertz CT molecular complexity index is 569. The average Bonchev–Trinajstić information content (AvgIpc) is 3.05. The first kappa shape index (κ1) is 17.5. The van der Waals surface area contributed by atoms with Gasteiger partial charge in [-0.15, -0.1) is 0 Å². The number of amides is 2. The molecule has 2 amide bonds. The van der Waals surface area contributed by atoms with E-state index in [0.29, 0.717) is 13.1 Å². The highest BCUT2D eigenvalue weighted by atomic mass is 32.1. The van der Waals surface area contributed by atoms with Crippen LogP contribution in [0, 0.1) is 0 Å². The molecule has 0 aliphatic heterocycles. The van der Waals surface area contributed by atoms with Crippen LogP contribution in [0.3, 0.4) is 0 Å². The van der Waals surface area contributed by atoms with Gasteiger partial charge in [-0.25, -0.2) is 4.79 Å². The van der Waals surface area contributed by atoms with E-state index in [1.807, 2.05) is 32.3 Å². The number of hydrogen-bond donors (Lipinski definition) is 2. The molecule has 0 aliphatic carbocycles. The van der Waals surface area contributed by atoms with Gasteiger partial charge in [0.1, 0.15) is 0 Å². The molecule has 23 heavy (non-hydrogen) atoms. The minimum atomic E-state index is -0.0971. The van der Waals surface area contributed by atoms with Crippen molar-refractivity contribution < 1.29 is 4.79 Å². The lowest BCUT2D eigenvalue weighted by atomic mass is 10.1. The maximum atomic E-state index is 11.9. The molecule has 0 radical (unpaired) electrons. The number of urea groups is 1. The van der Waals surface area contributed by atoms with Gasteiger partial charge in [-0.05, 0) is 54.9 Å². The summed E-state index contributed by atoms with van der Waals surface area (Å²) in [6, 6.07) is 12.6. The lowest BCUT2D eigenvalue weighted by Crippen LogP contribution is -2.45. The van der Waals surface area contributed by atoms with Crippen molar-refractivity contribution in [2.75, 3.05) is 27.2 Å². The maximum absolute atomic E-state index is 11.9. The van der Waals surface area contributed by atoms with Gasteiger partial charge in [0.25, 0.3) is 0 Å². The molecule has 0 saturated carbocycles. The normalized spacial score (nSPS) is 12.1. The standard InChI is InChI=1S/C18H25N3OS/c1-21(2)17(12-15-6-4-3-5-7-15)13-20-18(22)19-10-8-16-9-11-23-14-16/h3-7,9,11,14,17H,8,10,12-13H2,1-2H3,(H2,19,20,22). The Morgan fingerprint density at radius 2 is 1.91 bits per heavy atom. The van der Waals surface area contributed by atoms with Gasteiger partial charge in [0.15, 0.2) is 0 Å². The first-order valence-electron chi connectivity index (χ1n) is 7.88. The van der Waals surface area contributed by atoms with Crippen LogP contribution >= 0.6 is 11.3 Å². The summed E-state index contributed by atoms with van der Waals surface area (Å²) in [5.74, 6) is 0. The summed E-state index contributed by atoms with van der Waals surface area (Å²) in [5.41, 5.74) is 2.55. The lowest BCUT2D eigenvalue weighted by Gasteiger charge is -2.24. The van der Waals surface area contributed by atoms with Crippen molar-refractivity contribution in [1.29, 1.82) is 0 Å². The average molecular weight is 331 g/mol. The zero-order chi connectivity index (χ0) is 16.5. The van der Waals surface area contributed by atoms with E-state index in [9.17, 15) is 4.79 Å². The number of hydrogen-bond acceptors (Lipinski definition) is 3. The number of nitrogens with one attached hydrogen (secondary N) is 2. The van der Waals surface area contributed by atoms with Crippen molar-refractivity contribution in [3.63, 3.8) is 0 Å². The molecule has 1 aromatic carbocycles. The van der Waals surface area contributed by atoms with Gasteiger partial charge in [-0.2, -0.15) is 11.3 Å². The molecule has 5 heteroatoms. The molecule has 0 aliphatic rings. The molecular weight excluding hydrogens is 306 g/mol. The van der Waals surface area contributed by atoms with Crippen LogP contribution in [-0.2, 0) is 12.8 Å². The second-order valence-corrected chi connectivity index (χ2v) is 6.61.